The Bertz CT molecular complexity index is 633. The van der Waals surface area contributed by atoms with Crippen molar-refractivity contribution in [3.63, 3.8) is 0 Å². The van der Waals surface area contributed by atoms with Crippen molar-refractivity contribution in [2.45, 2.75) is 19.9 Å². The molecule has 1 saturated heterocycles. The van der Waals surface area contributed by atoms with Crippen molar-refractivity contribution in [2.24, 2.45) is 5.92 Å². The summed E-state index contributed by atoms with van der Waals surface area (Å²) in [5.74, 6) is 0.242. The summed E-state index contributed by atoms with van der Waals surface area (Å²) in [6, 6.07) is 18.5. The van der Waals surface area contributed by atoms with Crippen LogP contribution in [0.5, 0.6) is 0 Å². The monoisotopic (exact) mass is 294 g/mol. The number of benzene rings is 2. The minimum atomic E-state index is 0.106. The van der Waals surface area contributed by atoms with Gasteiger partial charge in [-0.2, -0.15) is 0 Å². The molecule has 1 amide bonds. The lowest BCUT2D eigenvalue weighted by Crippen LogP contribution is -2.51. The van der Waals surface area contributed by atoms with Crippen molar-refractivity contribution >= 4 is 11.6 Å². The number of nitrogens with one attached hydrogen (secondary N) is 1. The third kappa shape index (κ3) is 3.55. The zero-order valence-electron chi connectivity index (χ0n) is 13.0. The molecule has 2 aromatic carbocycles. The van der Waals surface area contributed by atoms with Gasteiger partial charge in [0.25, 0.3) is 0 Å². The van der Waals surface area contributed by atoms with Gasteiger partial charge in [-0.05, 0) is 29.7 Å². The lowest BCUT2D eigenvalue weighted by molar-refractivity contribution is -0.125. The third-order valence-corrected chi connectivity index (χ3v) is 4.18. The highest BCUT2D eigenvalue weighted by Gasteiger charge is 2.32. The van der Waals surface area contributed by atoms with E-state index in [2.05, 4.69) is 53.5 Å². The summed E-state index contributed by atoms with van der Waals surface area (Å²) >= 11 is 0. The molecule has 22 heavy (non-hydrogen) atoms. The minimum absolute atomic E-state index is 0.106. The molecule has 3 heteroatoms. The average Bonchev–Trinajstić information content (AvgIpc) is 2.51. The highest BCUT2D eigenvalue weighted by Crippen LogP contribution is 2.21. The second-order valence-electron chi connectivity index (χ2n) is 5.92. The van der Waals surface area contributed by atoms with E-state index in [9.17, 15) is 4.79 Å². The number of hydrogen-bond donors (Lipinski definition) is 1. The van der Waals surface area contributed by atoms with Gasteiger partial charge in [-0.1, -0.05) is 49.4 Å². The number of carbonyl (C=O) groups excluding carboxylic acids is 1. The van der Waals surface area contributed by atoms with Gasteiger partial charge in [0.15, 0.2) is 0 Å². The Labute approximate surface area is 132 Å². The van der Waals surface area contributed by atoms with Gasteiger partial charge in [0.2, 0.25) is 5.91 Å². The molecule has 1 heterocycles. The van der Waals surface area contributed by atoms with Crippen molar-refractivity contribution in [3.8, 4) is 0 Å². The van der Waals surface area contributed by atoms with E-state index in [-0.39, 0.29) is 11.8 Å². The first kappa shape index (κ1) is 14.8. The van der Waals surface area contributed by atoms with Crippen LogP contribution in [0.25, 0.3) is 0 Å². The van der Waals surface area contributed by atoms with E-state index in [1.807, 2.05) is 18.2 Å². The molecule has 2 aromatic rings. The van der Waals surface area contributed by atoms with Gasteiger partial charge in [-0.3, -0.25) is 9.69 Å². The first-order valence-corrected chi connectivity index (χ1v) is 7.90. The van der Waals surface area contributed by atoms with Crippen LogP contribution in [0.4, 0.5) is 5.69 Å². The molecular weight excluding hydrogens is 272 g/mol. The van der Waals surface area contributed by atoms with E-state index in [1.54, 1.807) is 0 Å². The van der Waals surface area contributed by atoms with Gasteiger partial charge in [0, 0.05) is 25.3 Å². The molecule has 0 radical (unpaired) electrons. The third-order valence-electron chi connectivity index (χ3n) is 4.18. The van der Waals surface area contributed by atoms with E-state index < -0.39 is 0 Å². The molecule has 1 aliphatic heterocycles. The first-order chi connectivity index (χ1) is 10.7. The van der Waals surface area contributed by atoms with Crippen LogP contribution in [0.1, 0.15) is 18.1 Å². The zero-order chi connectivity index (χ0) is 15.4. The lowest BCUT2D eigenvalue weighted by atomic mass is 9.98. The van der Waals surface area contributed by atoms with Crippen molar-refractivity contribution in [3.05, 3.63) is 65.7 Å². The van der Waals surface area contributed by atoms with Crippen molar-refractivity contribution in [1.82, 2.24) is 4.90 Å². The smallest absolute Gasteiger partial charge is 0.230 e. The van der Waals surface area contributed by atoms with E-state index in [0.717, 1.165) is 31.7 Å². The van der Waals surface area contributed by atoms with E-state index in [0.29, 0.717) is 0 Å². The summed E-state index contributed by atoms with van der Waals surface area (Å²) in [6.45, 7) is 4.73. The van der Waals surface area contributed by atoms with Crippen LogP contribution in [0.15, 0.2) is 54.6 Å². The van der Waals surface area contributed by atoms with Crippen LogP contribution in [0.2, 0.25) is 0 Å². The molecule has 0 spiro atoms. The number of likely N-dealkylation sites (tertiary alicyclic amines) is 1. The second-order valence-corrected chi connectivity index (χ2v) is 5.92. The number of carbonyl (C=O) groups is 1. The van der Waals surface area contributed by atoms with E-state index >= 15 is 0 Å². The molecule has 0 aromatic heterocycles. The number of aryl methyl sites for hydroxylation is 1. The van der Waals surface area contributed by atoms with E-state index in [4.69, 9.17) is 0 Å². The van der Waals surface area contributed by atoms with Crippen molar-refractivity contribution in [2.75, 3.05) is 18.4 Å². The van der Waals surface area contributed by atoms with Crippen LogP contribution in [0.3, 0.4) is 0 Å². The molecule has 3 rings (SSSR count). The van der Waals surface area contributed by atoms with Gasteiger partial charge >= 0.3 is 0 Å². The number of rotatable bonds is 5. The zero-order valence-corrected chi connectivity index (χ0v) is 13.0. The van der Waals surface area contributed by atoms with Crippen molar-refractivity contribution in [1.29, 1.82) is 0 Å². The van der Waals surface area contributed by atoms with Gasteiger partial charge in [0.05, 0.1) is 5.92 Å². The Kier molecular flexibility index (Phi) is 4.54. The molecule has 0 saturated carbocycles. The van der Waals surface area contributed by atoms with Gasteiger partial charge < -0.3 is 5.32 Å². The summed E-state index contributed by atoms with van der Waals surface area (Å²) in [5, 5.41) is 3.04. The van der Waals surface area contributed by atoms with Crippen LogP contribution in [-0.2, 0) is 17.8 Å². The lowest BCUT2D eigenvalue weighted by Gasteiger charge is -2.38. The molecule has 1 aliphatic rings. The number of nitrogens with zero attached hydrogens (tertiary/aromatic N) is 1. The fourth-order valence-corrected chi connectivity index (χ4v) is 2.82. The Morgan fingerprint density at radius 1 is 1.09 bits per heavy atom. The molecule has 0 bridgehead atoms. The highest BCUT2D eigenvalue weighted by atomic mass is 16.2. The molecule has 1 fully saturated rings. The maximum atomic E-state index is 12.3. The quantitative estimate of drug-likeness (QED) is 0.917. The Morgan fingerprint density at radius 2 is 1.82 bits per heavy atom. The predicted octanol–water partition coefficient (Wildman–Crippen LogP) is 3.32. The molecule has 0 unspecified atom stereocenters. The average molecular weight is 294 g/mol. The second kappa shape index (κ2) is 6.75. The summed E-state index contributed by atoms with van der Waals surface area (Å²) in [5.41, 5.74) is 3.46. The molecule has 3 nitrogen and oxygen atoms in total. The van der Waals surface area contributed by atoms with E-state index in [1.165, 1.54) is 11.1 Å². The van der Waals surface area contributed by atoms with Crippen LogP contribution >= 0.6 is 0 Å². The maximum absolute atomic E-state index is 12.3. The predicted molar refractivity (Wildman–Crippen MR) is 89.7 cm³/mol. The number of amides is 1. The molecule has 0 atom stereocenters. The van der Waals surface area contributed by atoms with Gasteiger partial charge in [0.1, 0.15) is 0 Å². The van der Waals surface area contributed by atoms with Gasteiger partial charge in [-0.15, -0.1) is 0 Å². The summed E-state index contributed by atoms with van der Waals surface area (Å²) in [7, 11) is 0. The largest absolute Gasteiger partial charge is 0.326 e. The van der Waals surface area contributed by atoms with Gasteiger partial charge in [-0.25, -0.2) is 0 Å². The topological polar surface area (TPSA) is 32.3 Å². The Morgan fingerprint density at radius 3 is 2.55 bits per heavy atom. The fourth-order valence-electron chi connectivity index (χ4n) is 2.82. The molecular formula is C19H22N2O. The molecule has 0 aliphatic carbocycles. The summed E-state index contributed by atoms with van der Waals surface area (Å²) < 4.78 is 0. The Hall–Kier alpha value is -2.13. The van der Waals surface area contributed by atoms with Crippen LogP contribution in [0, 0.1) is 5.92 Å². The normalized spacial score (nSPS) is 15.3. The standard InChI is InChI=1S/C19H22N2O/c1-2-15-9-6-10-18(11-15)20-19(22)17-13-21(14-17)12-16-7-4-3-5-8-16/h3-11,17H,2,12-14H2,1H3,(H,20,22). The fraction of sp³-hybridized carbons (Fsp3) is 0.316. The minimum Gasteiger partial charge on any atom is -0.326 e. The van der Waals surface area contributed by atoms with Crippen LogP contribution < -0.4 is 5.32 Å². The maximum Gasteiger partial charge on any atom is 0.230 e. The Balaban J connectivity index is 1.49. The van der Waals surface area contributed by atoms with Crippen LogP contribution in [-0.4, -0.2) is 23.9 Å². The molecule has 114 valence electrons. The van der Waals surface area contributed by atoms with Crippen molar-refractivity contribution < 1.29 is 4.79 Å². The summed E-state index contributed by atoms with van der Waals surface area (Å²) in [6.07, 6.45) is 0.984. The molecule has 1 N–H and O–H groups in total. The number of anilines is 1. The number of hydrogen-bond acceptors (Lipinski definition) is 2. The SMILES string of the molecule is CCc1cccc(NC(=O)C2CN(Cc3ccccc3)C2)c1. The highest BCUT2D eigenvalue weighted by molar-refractivity contribution is 5.93. The first-order valence-electron chi connectivity index (χ1n) is 7.90. The summed E-state index contributed by atoms with van der Waals surface area (Å²) in [4.78, 5) is 14.6.